The molecule has 0 spiro atoms. The van der Waals surface area contributed by atoms with Gasteiger partial charge in [-0.3, -0.25) is 4.79 Å². The Bertz CT molecular complexity index is 429. The van der Waals surface area contributed by atoms with Gasteiger partial charge in [0.05, 0.1) is 5.92 Å². The van der Waals surface area contributed by atoms with Crippen molar-refractivity contribution in [1.82, 2.24) is 9.55 Å². The predicted molar refractivity (Wildman–Crippen MR) is 64.8 cm³/mol. The summed E-state index contributed by atoms with van der Waals surface area (Å²) in [6.07, 6.45) is 4.11. The summed E-state index contributed by atoms with van der Waals surface area (Å²) < 4.78 is 2.20. The van der Waals surface area contributed by atoms with Crippen LogP contribution in [0.15, 0.2) is 6.20 Å². The van der Waals surface area contributed by atoms with Gasteiger partial charge in [0.1, 0.15) is 5.82 Å². The van der Waals surface area contributed by atoms with Gasteiger partial charge in [-0.05, 0) is 11.8 Å². The molecule has 1 aromatic heterocycles. The molecule has 4 heteroatoms. The normalized spacial score (nSPS) is 20.1. The number of aliphatic carboxylic acids is 1. The van der Waals surface area contributed by atoms with E-state index in [0.717, 1.165) is 30.9 Å². The van der Waals surface area contributed by atoms with E-state index in [1.54, 1.807) is 0 Å². The Balaban J connectivity index is 2.18. The van der Waals surface area contributed by atoms with Crippen LogP contribution in [-0.2, 0) is 24.2 Å². The molecule has 2 rings (SSSR count). The van der Waals surface area contributed by atoms with Crippen LogP contribution in [-0.4, -0.2) is 20.6 Å². The minimum Gasteiger partial charge on any atom is -0.481 e. The zero-order chi connectivity index (χ0) is 12.6. The van der Waals surface area contributed by atoms with E-state index in [2.05, 4.69) is 30.3 Å². The van der Waals surface area contributed by atoms with Crippen LogP contribution in [0.2, 0.25) is 0 Å². The fraction of sp³-hybridized carbons (Fsp3) is 0.692. The monoisotopic (exact) mass is 236 g/mol. The summed E-state index contributed by atoms with van der Waals surface area (Å²) in [6.45, 7) is 7.37. The Morgan fingerprint density at radius 2 is 2.29 bits per heavy atom. The topological polar surface area (TPSA) is 55.1 Å². The Hall–Kier alpha value is -1.32. The second-order valence-electron chi connectivity index (χ2n) is 6.08. The van der Waals surface area contributed by atoms with Crippen molar-refractivity contribution >= 4 is 5.97 Å². The Morgan fingerprint density at radius 1 is 1.59 bits per heavy atom. The minimum atomic E-state index is -0.685. The Kier molecular flexibility index (Phi) is 2.98. The SMILES string of the molecule is CC(C)(C)Cc1ncc2n1CCC(C(=O)O)C2. The largest absolute Gasteiger partial charge is 0.481 e. The zero-order valence-electron chi connectivity index (χ0n) is 10.7. The molecule has 2 heterocycles. The quantitative estimate of drug-likeness (QED) is 0.855. The fourth-order valence-electron chi connectivity index (χ4n) is 2.36. The summed E-state index contributed by atoms with van der Waals surface area (Å²) in [7, 11) is 0. The molecule has 0 aliphatic carbocycles. The van der Waals surface area contributed by atoms with Crippen molar-refractivity contribution in [2.24, 2.45) is 11.3 Å². The number of nitrogens with zero attached hydrogens (tertiary/aromatic N) is 2. The van der Waals surface area contributed by atoms with Gasteiger partial charge in [-0.25, -0.2) is 4.98 Å². The van der Waals surface area contributed by atoms with E-state index in [4.69, 9.17) is 5.11 Å². The van der Waals surface area contributed by atoms with Crippen molar-refractivity contribution in [3.8, 4) is 0 Å². The maximum absolute atomic E-state index is 11.0. The molecule has 1 N–H and O–H groups in total. The molecule has 4 nitrogen and oxygen atoms in total. The fourth-order valence-corrected chi connectivity index (χ4v) is 2.36. The van der Waals surface area contributed by atoms with Crippen LogP contribution in [0.5, 0.6) is 0 Å². The highest BCUT2D eigenvalue weighted by Crippen LogP contribution is 2.26. The van der Waals surface area contributed by atoms with E-state index in [1.165, 1.54) is 0 Å². The molecule has 0 fully saturated rings. The molecular formula is C13H20N2O2. The lowest BCUT2D eigenvalue weighted by Gasteiger charge is -2.24. The molecule has 0 radical (unpaired) electrons. The number of carboxylic acids is 1. The summed E-state index contributed by atoms with van der Waals surface area (Å²) in [5, 5.41) is 9.03. The highest BCUT2D eigenvalue weighted by molar-refractivity contribution is 5.70. The standard InChI is InChI=1S/C13H20N2O2/c1-13(2,3)7-11-14-8-10-6-9(12(16)17)4-5-15(10)11/h8-9H,4-7H2,1-3H3,(H,16,17). The van der Waals surface area contributed by atoms with Crippen LogP contribution >= 0.6 is 0 Å². The maximum atomic E-state index is 11.0. The highest BCUT2D eigenvalue weighted by atomic mass is 16.4. The van der Waals surface area contributed by atoms with Crippen LogP contribution in [0.4, 0.5) is 0 Å². The number of aromatic nitrogens is 2. The van der Waals surface area contributed by atoms with Gasteiger partial charge in [0.2, 0.25) is 0 Å². The van der Waals surface area contributed by atoms with Crippen molar-refractivity contribution in [1.29, 1.82) is 0 Å². The zero-order valence-corrected chi connectivity index (χ0v) is 10.7. The first-order chi connectivity index (χ1) is 7.87. The van der Waals surface area contributed by atoms with Crippen LogP contribution in [0.1, 0.15) is 38.7 Å². The molecule has 0 bridgehead atoms. The first-order valence-electron chi connectivity index (χ1n) is 6.13. The summed E-state index contributed by atoms with van der Waals surface area (Å²) in [5.41, 5.74) is 1.29. The third-order valence-corrected chi connectivity index (χ3v) is 3.22. The molecular weight excluding hydrogens is 216 g/mol. The molecule has 1 aliphatic heterocycles. The number of carbonyl (C=O) groups is 1. The third kappa shape index (κ3) is 2.68. The third-order valence-electron chi connectivity index (χ3n) is 3.22. The van der Waals surface area contributed by atoms with Gasteiger partial charge in [0.15, 0.2) is 0 Å². The van der Waals surface area contributed by atoms with Crippen molar-refractivity contribution in [3.05, 3.63) is 17.7 Å². The number of hydrogen-bond donors (Lipinski definition) is 1. The van der Waals surface area contributed by atoms with Crippen LogP contribution in [0.3, 0.4) is 0 Å². The number of imidazole rings is 1. The first kappa shape index (κ1) is 12.1. The predicted octanol–water partition coefficient (Wildman–Crippen LogP) is 2.12. The maximum Gasteiger partial charge on any atom is 0.306 e. The first-order valence-corrected chi connectivity index (χ1v) is 6.13. The molecule has 1 aliphatic rings. The smallest absolute Gasteiger partial charge is 0.306 e. The summed E-state index contributed by atoms with van der Waals surface area (Å²) in [5.74, 6) is 0.174. The highest BCUT2D eigenvalue weighted by Gasteiger charge is 2.27. The number of rotatable bonds is 2. The van der Waals surface area contributed by atoms with Gasteiger partial charge >= 0.3 is 5.97 Å². The molecule has 1 unspecified atom stereocenters. The van der Waals surface area contributed by atoms with Crippen LogP contribution in [0, 0.1) is 11.3 Å². The van der Waals surface area contributed by atoms with E-state index >= 15 is 0 Å². The number of hydrogen-bond acceptors (Lipinski definition) is 2. The second-order valence-corrected chi connectivity index (χ2v) is 6.08. The molecule has 0 saturated carbocycles. The summed E-state index contributed by atoms with van der Waals surface area (Å²) in [4.78, 5) is 15.4. The van der Waals surface area contributed by atoms with Crippen LogP contribution < -0.4 is 0 Å². The second kappa shape index (κ2) is 4.17. The molecule has 17 heavy (non-hydrogen) atoms. The van der Waals surface area contributed by atoms with E-state index < -0.39 is 5.97 Å². The average Bonchev–Trinajstić information content (AvgIpc) is 2.58. The van der Waals surface area contributed by atoms with Gasteiger partial charge in [-0.2, -0.15) is 0 Å². The molecule has 94 valence electrons. The van der Waals surface area contributed by atoms with E-state index in [1.807, 2.05) is 6.20 Å². The number of fused-ring (bicyclic) bond motifs is 1. The van der Waals surface area contributed by atoms with Crippen molar-refractivity contribution in [3.63, 3.8) is 0 Å². The van der Waals surface area contributed by atoms with Crippen LogP contribution in [0.25, 0.3) is 0 Å². The minimum absolute atomic E-state index is 0.214. The van der Waals surface area contributed by atoms with Gasteiger partial charge in [-0.15, -0.1) is 0 Å². The lowest BCUT2D eigenvalue weighted by molar-refractivity contribution is -0.142. The van der Waals surface area contributed by atoms with Crippen molar-refractivity contribution in [2.45, 2.75) is 46.6 Å². The van der Waals surface area contributed by atoms with Crippen molar-refractivity contribution in [2.75, 3.05) is 0 Å². The molecule has 0 saturated heterocycles. The summed E-state index contributed by atoms with van der Waals surface area (Å²) >= 11 is 0. The van der Waals surface area contributed by atoms with Gasteiger partial charge in [0, 0.05) is 31.3 Å². The average molecular weight is 236 g/mol. The number of carboxylic acid groups (broad SMARTS) is 1. The molecule has 1 aromatic rings. The van der Waals surface area contributed by atoms with Gasteiger partial charge < -0.3 is 9.67 Å². The van der Waals surface area contributed by atoms with E-state index in [9.17, 15) is 4.79 Å². The van der Waals surface area contributed by atoms with E-state index in [-0.39, 0.29) is 11.3 Å². The lowest BCUT2D eigenvalue weighted by atomic mass is 9.91. The molecule has 1 atom stereocenters. The van der Waals surface area contributed by atoms with E-state index in [0.29, 0.717) is 6.42 Å². The Labute approximate surface area is 102 Å². The molecule has 0 amide bonds. The van der Waals surface area contributed by atoms with Gasteiger partial charge in [0.25, 0.3) is 0 Å². The molecule has 0 aromatic carbocycles. The van der Waals surface area contributed by atoms with Crippen molar-refractivity contribution < 1.29 is 9.90 Å². The Morgan fingerprint density at radius 3 is 2.88 bits per heavy atom. The summed E-state index contributed by atoms with van der Waals surface area (Å²) in [6, 6.07) is 0. The van der Waals surface area contributed by atoms with Gasteiger partial charge in [-0.1, -0.05) is 20.8 Å². The lowest BCUT2D eigenvalue weighted by Crippen LogP contribution is -2.26.